The molecule has 4 heterocycles. The van der Waals surface area contributed by atoms with Crippen molar-refractivity contribution in [2.45, 2.75) is 26.3 Å². The number of rotatable bonds is 4. The summed E-state index contributed by atoms with van der Waals surface area (Å²) in [7, 11) is 1.96. The van der Waals surface area contributed by atoms with Crippen LogP contribution in [0.15, 0.2) is 24.8 Å². The maximum atomic E-state index is 12.5. The Morgan fingerprint density at radius 1 is 1.19 bits per heavy atom. The summed E-state index contributed by atoms with van der Waals surface area (Å²) in [5.74, 6) is 0.904. The molecule has 0 saturated carbocycles. The Hall–Kier alpha value is -3.07. The zero-order valence-electron chi connectivity index (χ0n) is 15.6. The average molecular weight is 366 g/mol. The van der Waals surface area contributed by atoms with Crippen LogP contribution in [0.1, 0.15) is 28.3 Å². The van der Waals surface area contributed by atoms with E-state index in [1.165, 1.54) is 6.20 Å². The summed E-state index contributed by atoms with van der Waals surface area (Å²) in [6.45, 7) is 5.63. The molecule has 3 aromatic heterocycles. The Morgan fingerprint density at radius 2 is 2.04 bits per heavy atom. The number of carbonyl (C=O) groups is 1. The van der Waals surface area contributed by atoms with Crippen LogP contribution in [0.25, 0.3) is 5.65 Å². The molecule has 0 aromatic carbocycles. The van der Waals surface area contributed by atoms with Gasteiger partial charge in [-0.05, 0) is 27.3 Å². The van der Waals surface area contributed by atoms with E-state index in [9.17, 15) is 4.79 Å². The fraction of sp³-hybridized carbons (Fsp3) is 0.389. The minimum atomic E-state index is -0.339. The molecule has 1 unspecified atom stereocenters. The van der Waals surface area contributed by atoms with Gasteiger partial charge in [-0.25, -0.2) is 15.0 Å². The number of aromatic nitrogens is 5. The van der Waals surface area contributed by atoms with Gasteiger partial charge in [0.05, 0.1) is 30.0 Å². The normalized spacial score (nSPS) is 16.9. The van der Waals surface area contributed by atoms with E-state index < -0.39 is 0 Å². The largest absolute Gasteiger partial charge is 0.354 e. The lowest BCUT2D eigenvalue weighted by Crippen LogP contribution is -2.30. The number of hydrogen-bond donors (Lipinski definition) is 2. The number of fused-ring (bicyclic) bond motifs is 1. The Balaban J connectivity index is 1.48. The third-order valence-electron chi connectivity index (χ3n) is 4.76. The second kappa shape index (κ2) is 6.92. The number of anilines is 2. The van der Waals surface area contributed by atoms with Gasteiger partial charge < -0.3 is 19.9 Å². The van der Waals surface area contributed by atoms with Gasteiger partial charge in [0.15, 0.2) is 11.5 Å². The van der Waals surface area contributed by atoms with Gasteiger partial charge in [0, 0.05) is 25.3 Å². The first kappa shape index (κ1) is 17.3. The molecule has 9 nitrogen and oxygen atoms in total. The number of imidazole rings is 1. The van der Waals surface area contributed by atoms with Gasteiger partial charge in [0.1, 0.15) is 11.5 Å². The predicted octanol–water partition coefficient (Wildman–Crippen LogP) is 1.19. The summed E-state index contributed by atoms with van der Waals surface area (Å²) < 4.78 is 1.85. The second-order valence-electron chi connectivity index (χ2n) is 6.76. The van der Waals surface area contributed by atoms with E-state index in [2.05, 4.69) is 35.5 Å². The highest BCUT2D eigenvalue weighted by Gasteiger charge is 2.22. The van der Waals surface area contributed by atoms with Crippen LogP contribution >= 0.6 is 0 Å². The molecule has 2 N–H and O–H groups in total. The summed E-state index contributed by atoms with van der Waals surface area (Å²) in [4.78, 5) is 32.1. The smallest absolute Gasteiger partial charge is 0.277 e. The SMILES string of the molecule is CNC1CCN(c2cnc(C(=O)Nc3cn4cc(C)nc(C)c4n3)cn2)C1. The van der Waals surface area contributed by atoms with E-state index in [4.69, 9.17) is 0 Å². The lowest BCUT2D eigenvalue weighted by molar-refractivity contribution is 0.102. The molecule has 1 amide bonds. The molecule has 0 radical (unpaired) electrons. The molecule has 1 aliphatic rings. The molecule has 0 aliphatic carbocycles. The third kappa shape index (κ3) is 3.45. The third-order valence-corrected chi connectivity index (χ3v) is 4.76. The van der Waals surface area contributed by atoms with Crippen LogP contribution in [-0.4, -0.2) is 56.4 Å². The van der Waals surface area contributed by atoms with Crippen LogP contribution in [0, 0.1) is 13.8 Å². The molecule has 4 rings (SSSR count). The van der Waals surface area contributed by atoms with Crippen molar-refractivity contribution in [3.8, 4) is 0 Å². The van der Waals surface area contributed by atoms with Crippen molar-refractivity contribution in [1.82, 2.24) is 29.7 Å². The van der Waals surface area contributed by atoms with Gasteiger partial charge in [0.25, 0.3) is 5.91 Å². The molecular weight excluding hydrogens is 344 g/mol. The minimum Gasteiger partial charge on any atom is -0.354 e. The predicted molar refractivity (Wildman–Crippen MR) is 102 cm³/mol. The van der Waals surface area contributed by atoms with Gasteiger partial charge in [-0.3, -0.25) is 9.78 Å². The summed E-state index contributed by atoms with van der Waals surface area (Å²) in [6.07, 6.45) is 7.85. The number of nitrogens with one attached hydrogen (secondary N) is 2. The summed E-state index contributed by atoms with van der Waals surface area (Å²) in [6, 6.07) is 0.464. The quantitative estimate of drug-likeness (QED) is 0.715. The van der Waals surface area contributed by atoms with Gasteiger partial charge in [-0.1, -0.05) is 0 Å². The molecule has 9 heteroatoms. The maximum absolute atomic E-state index is 12.5. The molecule has 3 aromatic rings. The number of likely N-dealkylation sites (N-methyl/N-ethyl adjacent to an activating group) is 1. The van der Waals surface area contributed by atoms with Crippen LogP contribution in [0.3, 0.4) is 0 Å². The standard InChI is InChI=1S/C18H22N8O/c1-11-8-26-10-15(23-17(26)12(2)22-11)24-18(27)14-6-21-16(7-20-14)25-5-4-13(9-25)19-3/h6-8,10,13,19H,4-5,9H2,1-3H3,(H,24,27). The fourth-order valence-electron chi connectivity index (χ4n) is 3.35. The Kier molecular flexibility index (Phi) is 4.44. The number of hydrogen-bond acceptors (Lipinski definition) is 7. The van der Waals surface area contributed by atoms with Gasteiger partial charge in [-0.15, -0.1) is 0 Å². The van der Waals surface area contributed by atoms with Crippen molar-refractivity contribution in [3.63, 3.8) is 0 Å². The van der Waals surface area contributed by atoms with E-state index in [1.54, 1.807) is 12.4 Å². The zero-order chi connectivity index (χ0) is 19.0. The summed E-state index contributed by atoms with van der Waals surface area (Å²) in [5, 5.41) is 6.05. The van der Waals surface area contributed by atoms with Crippen molar-refractivity contribution in [2.24, 2.45) is 0 Å². The molecule has 27 heavy (non-hydrogen) atoms. The molecule has 1 aliphatic heterocycles. The number of nitrogens with zero attached hydrogens (tertiary/aromatic N) is 6. The summed E-state index contributed by atoms with van der Waals surface area (Å²) in [5.41, 5.74) is 2.67. The second-order valence-corrected chi connectivity index (χ2v) is 6.76. The maximum Gasteiger partial charge on any atom is 0.277 e. The van der Waals surface area contributed by atoms with Crippen molar-refractivity contribution in [1.29, 1.82) is 0 Å². The van der Waals surface area contributed by atoms with Crippen molar-refractivity contribution >= 4 is 23.2 Å². The van der Waals surface area contributed by atoms with Crippen LogP contribution in [-0.2, 0) is 0 Å². The summed E-state index contributed by atoms with van der Waals surface area (Å²) >= 11 is 0. The van der Waals surface area contributed by atoms with E-state index in [0.717, 1.165) is 36.7 Å². The molecule has 140 valence electrons. The van der Waals surface area contributed by atoms with E-state index in [1.807, 2.05) is 31.5 Å². The first-order valence-corrected chi connectivity index (χ1v) is 8.92. The Bertz CT molecular complexity index is 981. The van der Waals surface area contributed by atoms with Crippen molar-refractivity contribution in [3.05, 3.63) is 41.9 Å². The van der Waals surface area contributed by atoms with Gasteiger partial charge in [0.2, 0.25) is 0 Å². The number of carbonyl (C=O) groups excluding carboxylic acids is 1. The topological polar surface area (TPSA) is 100 Å². The van der Waals surface area contributed by atoms with Crippen LogP contribution < -0.4 is 15.5 Å². The lowest BCUT2D eigenvalue weighted by atomic mass is 10.3. The first-order chi connectivity index (χ1) is 13.0. The Labute approximate surface area is 156 Å². The van der Waals surface area contributed by atoms with Crippen LogP contribution in [0.4, 0.5) is 11.6 Å². The average Bonchev–Trinajstić information content (AvgIpc) is 3.28. The molecule has 1 saturated heterocycles. The minimum absolute atomic E-state index is 0.256. The van der Waals surface area contributed by atoms with E-state index in [0.29, 0.717) is 17.5 Å². The highest BCUT2D eigenvalue weighted by molar-refractivity contribution is 6.02. The number of amides is 1. The van der Waals surface area contributed by atoms with E-state index in [-0.39, 0.29) is 11.6 Å². The molecule has 0 spiro atoms. The fourth-order valence-corrected chi connectivity index (χ4v) is 3.35. The Morgan fingerprint density at radius 3 is 2.74 bits per heavy atom. The van der Waals surface area contributed by atoms with Gasteiger partial charge in [-0.2, -0.15) is 0 Å². The molecular formula is C18H22N8O. The van der Waals surface area contributed by atoms with Crippen molar-refractivity contribution < 1.29 is 4.79 Å². The number of aryl methyl sites for hydroxylation is 2. The monoisotopic (exact) mass is 366 g/mol. The molecule has 1 atom stereocenters. The zero-order valence-corrected chi connectivity index (χ0v) is 15.6. The van der Waals surface area contributed by atoms with Crippen LogP contribution in [0.5, 0.6) is 0 Å². The van der Waals surface area contributed by atoms with Gasteiger partial charge >= 0.3 is 0 Å². The highest BCUT2D eigenvalue weighted by atomic mass is 16.2. The lowest BCUT2D eigenvalue weighted by Gasteiger charge is -2.16. The molecule has 0 bridgehead atoms. The van der Waals surface area contributed by atoms with Crippen LogP contribution in [0.2, 0.25) is 0 Å². The molecule has 1 fully saturated rings. The first-order valence-electron chi connectivity index (χ1n) is 8.92. The van der Waals surface area contributed by atoms with Crippen molar-refractivity contribution in [2.75, 3.05) is 30.4 Å². The highest BCUT2D eigenvalue weighted by Crippen LogP contribution is 2.17. The van der Waals surface area contributed by atoms with E-state index >= 15 is 0 Å².